The molecule has 0 aliphatic heterocycles. The Kier molecular flexibility index (Phi) is 7.20. The molecule has 1 unspecified atom stereocenters. The first-order valence-electron chi connectivity index (χ1n) is 9.47. The Balaban J connectivity index is 1.64. The number of esters is 1. The van der Waals surface area contributed by atoms with E-state index >= 15 is 0 Å². The second kappa shape index (κ2) is 10.0. The maximum Gasteiger partial charge on any atom is 0.306 e. The van der Waals surface area contributed by atoms with Gasteiger partial charge in [-0.25, -0.2) is 4.98 Å². The minimum Gasteiger partial charge on any atom is -0.489 e. The van der Waals surface area contributed by atoms with Crippen LogP contribution in [0.1, 0.15) is 41.1 Å². The Bertz CT molecular complexity index is 874. The van der Waals surface area contributed by atoms with Crippen LogP contribution in [0.4, 0.5) is 0 Å². The van der Waals surface area contributed by atoms with E-state index in [1.54, 1.807) is 11.3 Å². The van der Waals surface area contributed by atoms with E-state index in [1.807, 2.05) is 61.7 Å². The van der Waals surface area contributed by atoms with Gasteiger partial charge >= 0.3 is 5.97 Å². The van der Waals surface area contributed by atoms with Crippen LogP contribution in [0.25, 0.3) is 0 Å². The number of carbonyl (C=O) groups excluding carboxylic acids is 1. The number of aryl methyl sites for hydroxylation is 1. The molecule has 0 radical (unpaired) electrons. The first-order valence-corrected chi connectivity index (χ1v) is 10.4. The summed E-state index contributed by atoms with van der Waals surface area (Å²) in [5.74, 6) is 0.677. The topological polar surface area (TPSA) is 48.4 Å². The smallest absolute Gasteiger partial charge is 0.306 e. The molecule has 2 aromatic carbocycles. The van der Waals surface area contributed by atoms with E-state index in [2.05, 4.69) is 17.1 Å². The molecule has 0 fully saturated rings. The second-order valence-corrected chi connectivity index (χ2v) is 7.55. The lowest BCUT2D eigenvalue weighted by Crippen LogP contribution is -2.12. The molecule has 0 aliphatic carbocycles. The summed E-state index contributed by atoms with van der Waals surface area (Å²) in [6, 6.07) is 18.2. The Morgan fingerprint density at radius 1 is 1.07 bits per heavy atom. The lowest BCUT2D eigenvalue weighted by Gasteiger charge is -2.14. The summed E-state index contributed by atoms with van der Waals surface area (Å²) in [4.78, 5) is 16.6. The lowest BCUT2D eigenvalue weighted by molar-refractivity contribution is -0.143. The molecule has 0 saturated heterocycles. The van der Waals surface area contributed by atoms with E-state index in [0.717, 1.165) is 34.0 Å². The summed E-state index contributed by atoms with van der Waals surface area (Å²) < 4.78 is 11.0. The quantitative estimate of drug-likeness (QED) is 0.461. The first-order chi connectivity index (χ1) is 13.6. The van der Waals surface area contributed by atoms with Crippen molar-refractivity contribution in [3.8, 4) is 5.75 Å². The largest absolute Gasteiger partial charge is 0.489 e. The molecule has 0 amide bonds. The molecule has 28 heavy (non-hydrogen) atoms. The number of thiazole rings is 1. The SMILES string of the molecule is CCOC(=O)CC(Cc1ccc(OCc2ccccc2)cc1)c1nc(C)cs1. The number of carbonyl (C=O) groups is 1. The summed E-state index contributed by atoms with van der Waals surface area (Å²) in [6.45, 7) is 4.74. The monoisotopic (exact) mass is 395 g/mol. The average Bonchev–Trinajstić information content (AvgIpc) is 3.14. The summed E-state index contributed by atoms with van der Waals surface area (Å²) in [5.41, 5.74) is 3.27. The van der Waals surface area contributed by atoms with Gasteiger partial charge in [-0.2, -0.15) is 0 Å². The van der Waals surface area contributed by atoms with E-state index in [1.165, 1.54) is 0 Å². The molecule has 0 spiro atoms. The van der Waals surface area contributed by atoms with Crippen molar-refractivity contribution in [1.29, 1.82) is 0 Å². The van der Waals surface area contributed by atoms with Crippen LogP contribution in [0.2, 0.25) is 0 Å². The molecule has 3 aromatic rings. The van der Waals surface area contributed by atoms with Gasteiger partial charge < -0.3 is 9.47 Å². The molecule has 0 N–H and O–H groups in total. The van der Waals surface area contributed by atoms with Crippen molar-refractivity contribution in [2.24, 2.45) is 0 Å². The number of hydrogen-bond acceptors (Lipinski definition) is 5. The van der Waals surface area contributed by atoms with Gasteiger partial charge in [0, 0.05) is 17.0 Å². The van der Waals surface area contributed by atoms with Crippen molar-refractivity contribution in [2.75, 3.05) is 6.61 Å². The second-order valence-electron chi connectivity index (χ2n) is 6.66. The zero-order chi connectivity index (χ0) is 19.8. The zero-order valence-electron chi connectivity index (χ0n) is 16.3. The van der Waals surface area contributed by atoms with Gasteiger partial charge in [0.05, 0.1) is 18.0 Å². The van der Waals surface area contributed by atoms with Crippen molar-refractivity contribution in [2.45, 2.75) is 39.2 Å². The van der Waals surface area contributed by atoms with Gasteiger partial charge in [0.25, 0.3) is 0 Å². The number of aromatic nitrogens is 1. The molecule has 4 nitrogen and oxygen atoms in total. The molecule has 0 saturated carbocycles. The fourth-order valence-electron chi connectivity index (χ4n) is 2.97. The van der Waals surface area contributed by atoms with E-state index in [9.17, 15) is 4.79 Å². The maximum atomic E-state index is 12.0. The van der Waals surface area contributed by atoms with Gasteiger partial charge in [-0.1, -0.05) is 42.5 Å². The molecular formula is C23H25NO3S. The molecule has 146 valence electrons. The van der Waals surface area contributed by atoms with Crippen LogP contribution in [0.15, 0.2) is 60.0 Å². The number of rotatable bonds is 9. The highest BCUT2D eigenvalue weighted by Gasteiger charge is 2.20. The predicted molar refractivity (Wildman–Crippen MR) is 112 cm³/mol. The predicted octanol–water partition coefficient (Wildman–Crippen LogP) is 5.31. The third-order valence-corrected chi connectivity index (χ3v) is 5.48. The minimum absolute atomic E-state index is 0.0221. The van der Waals surface area contributed by atoms with E-state index in [4.69, 9.17) is 9.47 Å². The highest BCUT2D eigenvalue weighted by molar-refractivity contribution is 7.09. The molecule has 1 heterocycles. The summed E-state index contributed by atoms with van der Waals surface area (Å²) in [5, 5.41) is 3.00. The summed E-state index contributed by atoms with van der Waals surface area (Å²) in [7, 11) is 0. The Labute approximate surface area is 170 Å². The third-order valence-electron chi connectivity index (χ3n) is 4.36. The van der Waals surface area contributed by atoms with Crippen molar-refractivity contribution < 1.29 is 14.3 Å². The van der Waals surface area contributed by atoms with E-state index < -0.39 is 0 Å². The van der Waals surface area contributed by atoms with Crippen LogP contribution in [0, 0.1) is 6.92 Å². The number of hydrogen-bond donors (Lipinski definition) is 0. The molecule has 1 atom stereocenters. The van der Waals surface area contributed by atoms with Crippen LogP contribution in [-0.4, -0.2) is 17.6 Å². The Morgan fingerprint density at radius 2 is 1.82 bits per heavy atom. The van der Waals surface area contributed by atoms with E-state index in [-0.39, 0.29) is 11.9 Å². The van der Waals surface area contributed by atoms with Gasteiger partial charge in [0.15, 0.2) is 0 Å². The fourth-order valence-corrected chi connectivity index (χ4v) is 3.87. The van der Waals surface area contributed by atoms with Gasteiger partial charge in [-0.3, -0.25) is 4.79 Å². The van der Waals surface area contributed by atoms with Crippen LogP contribution < -0.4 is 4.74 Å². The average molecular weight is 396 g/mol. The van der Waals surface area contributed by atoms with Crippen molar-refractivity contribution in [3.63, 3.8) is 0 Å². The summed E-state index contributed by atoms with van der Waals surface area (Å²) >= 11 is 1.60. The van der Waals surface area contributed by atoms with Crippen LogP contribution in [0.3, 0.4) is 0 Å². The Hall–Kier alpha value is -2.66. The highest BCUT2D eigenvalue weighted by Crippen LogP contribution is 2.28. The van der Waals surface area contributed by atoms with Crippen molar-refractivity contribution in [1.82, 2.24) is 4.98 Å². The number of ether oxygens (including phenoxy) is 2. The molecule has 1 aromatic heterocycles. The van der Waals surface area contributed by atoms with E-state index in [0.29, 0.717) is 19.6 Å². The van der Waals surface area contributed by atoms with Gasteiger partial charge in [0.2, 0.25) is 0 Å². The minimum atomic E-state index is -0.178. The Morgan fingerprint density at radius 3 is 2.46 bits per heavy atom. The fraction of sp³-hybridized carbons (Fsp3) is 0.304. The standard InChI is InChI=1S/C23H25NO3S/c1-3-26-22(25)14-20(23-24-17(2)16-28-23)13-18-9-11-21(12-10-18)27-15-19-7-5-4-6-8-19/h4-12,16,20H,3,13-15H2,1-2H3. The molecule has 0 bridgehead atoms. The summed E-state index contributed by atoms with van der Waals surface area (Å²) in [6.07, 6.45) is 1.08. The zero-order valence-corrected chi connectivity index (χ0v) is 17.1. The molecule has 0 aliphatic rings. The van der Waals surface area contributed by atoms with Crippen molar-refractivity contribution >= 4 is 17.3 Å². The van der Waals surface area contributed by atoms with Gasteiger partial charge in [0.1, 0.15) is 12.4 Å². The van der Waals surface area contributed by atoms with Gasteiger partial charge in [-0.15, -0.1) is 11.3 Å². The molecule has 5 heteroatoms. The van der Waals surface area contributed by atoms with Crippen LogP contribution in [-0.2, 0) is 22.6 Å². The maximum absolute atomic E-state index is 12.0. The molecular weight excluding hydrogens is 370 g/mol. The number of benzene rings is 2. The third kappa shape index (κ3) is 5.92. The highest BCUT2D eigenvalue weighted by atomic mass is 32.1. The number of nitrogens with zero attached hydrogens (tertiary/aromatic N) is 1. The molecule has 3 rings (SSSR count). The van der Waals surface area contributed by atoms with Gasteiger partial charge in [-0.05, 0) is 43.5 Å². The van der Waals surface area contributed by atoms with Crippen LogP contribution in [0.5, 0.6) is 5.75 Å². The normalized spacial score (nSPS) is 11.8. The van der Waals surface area contributed by atoms with Crippen LogP contribution >= 0.6 is 11.3 Å². The van der Waals surface area contributed by atoms with Crippen molar-refractivity contribution in [3.05, 3.63) is 81.8 Å². The lowest BCUT2D eigenvalue weighted by atomic mass is 9.96. The first kappa shape index (κ1) is 20.1.